The molecule has 2 N–H and O–H groups in total. The molecule has 2 aliphatic heterocycles. The van der Waals surface area contributed by atoms with E-state index < -0.39 is 24.2 Å². The van der Waals surface area contributed by atoms with Gasteiger partial charge in [0.2, 0.25) is 0 Å². The van der Waals surface area contributed by atoms with Crippen molar-refractivity contribution in [1.29, 1.82) is 0 Å². The lowest BCUT2D eigenvalue weighted by Gasteiger charge is -2.26. The Morgan fingerprint density at radius 2 is 1.75 bits per heavy atom. The van der Waals surface area contributed by atoms with Gasteiger partial charge in [-0.15, -0.1) is 0 Å². The van der Waals surface area contributed by atoms with Gasteiger partial charge in [0, 0.05) is 6.04 Å². The summed E-state index contributed by atoms with van der Waals surface area (Å²) in [6.45, 7) is 0. The van der Waals surface area contributed by atoms with Crippen molar-refractivity contribution in [2.24, 2.45) is 11.7 Å². The van der Waals surface area contributed by atoms with Gasteiger partial charge in [0.15, 0.2) is 0 Å². The normalized spacial score (nSPS) is 47.0. The van der Waals surface area contributed by atoms with E-state index in [0.717, 1.165) is 0 Å². The summed E-state index contributed by atoms with van der Waals surface area (Å²) in [5.41, 5.74) is 5.41. The zero-order valence-electron chi connectivity index (χ0n) is 6.34. The highest BCUT2D eigenvalue weighted by atomic mass is 19.4. The van der Waals surface area contributed by atoms with Gasteiger partial charge >= 0.3 is 6.18 Å². The molecule has 0 saturated carbocycles. The van der Waals surface area contributed by atoms with Gasteiger partial charge in [-0.05, 0) is 12.8 Å². The molecule has 0 radical (unpaired) electrons. The fraction of sp³-hybridized carbons (Fsp3) is 1.00. The first-order valence-corrected chi connectivity index (χ1v) is 3.98. The van der Waals surface area contributed by atoms with Crippen molar-refractivity contribution in [3.05, 3.63) is 0 Å². The SMILES string of the molecule is N[C@H]1[C@H](C(F)(F)F)[C@H]2CC[C@H]1O2. The van der Waals surface area contributed by atoms with E-state index >= 15 is 0 Å². The molecule has 2 rings (SSSR count). The fourth-order valence-electron chi connectivity index (χ4n) is 2.14. The van der Waals surface area contributed by atoms with Crippen LogP contribution in [0.4, 0.5) is 13.2 Å². The summed E-state index contributed by atoms with van der Waals surface area (Å²) in [5.74, 6) is -1.43. The third-order valence-electron chi connectivity index (χ3n) is 2.71. The summed E-state index contributed by atoms with van der Waals surface area (Å²) in [6.07, 6.45) is -4.05. The number of ether oxygens (including phenoxy) is 1. The molecular weight excluding hydrogens is 171 g/mol. The molecule has 4 atom stereocenters. The predicted octanol–water partition coefficient (Wildman–Crippen LogP) is 1.05. The molecule has 0 spiro atoms. The van der Waals surface area contributed by atoms with Crippen molar-refractivity contribution < 1.29 is 17.9 Å². The maximum Gasteiger partial charge on any atom is 0.395 e. The number of rotatable bonds is 0. The van der Waals surface area contributed by atoms with Crippen molar-refractivity contribution in [3.8, 4) is 0 Å². The van der Waals surface area contributed by atoms with E-state index in [-0.39, 0.29) is 6.10 Å². The topological polar surface area (TPSA) is 35.2 Å². The highest BCUT2D eigenvalue weighted by molar-refractivity contribution is 5.01. The Morgan fingerprint density at radius 1 is 1.17 bits per heavy atom. The van der Waals surface area contributed by atoms with Crippen LogP contribution in [-0.4, -0.2) is 24.4 Å². The van der Waals surface area contributed by atoms with E-state index in [1.165, 1.54) is 0 Å². The Balaban J connectivity index is 2.17. The average molecular weight is 181 g/mol. The smallest absolute Gasteiger partial charge is 0.373 e. The Morgan fingerprint density at radius 3 is 2.08 bits per heavy atom. The molecule has 5 heteroatoms. The van der Waals surface area contributed by atoms with Crippen LogP contribution in [0.15, 0.2) is 0 Å². The molecule has 0 aromatic rings. The van der Waals surface area contributed by atoms with Crippen LogP contribution in [0.1, 0.15) is 12.8 Å². The first-order valence-electron chi connectivity index (χ1n) is 3.98. The highest BCUT2D eigenvalue weighted by Gasteiger charge is 2.58. The van der Waals surface area contributed by atoms with E-state index in [2.05, 4.69) is 0 Å². The monoisotopic (exact) mass is 181 g/mol. The van der Waals surface area contributed by atoms with Crippen molar-refractivity contribution in [2.45, 2.75) is 37.3 Å². The third kappa shape index (κ3) is 1.03. The number of fused-ring (bicyclic) bond motifs is 2. The molecule has 2 aliphatic rings. The molecule has 2 heterocycles. The minimum Gasteiger partial charge on any atom is -0.373 e. The van der Waals surface area contributed by atoms with Crippen LogP contribution < -0.4 is 5.73 Å². The molecule has 12 heavy (non-hydrogen) atoms. The summed E-state index contributed by atoms with van der Waals surface area (Å²) in [7, 11) is 0. The molecule has 2 fully saturated rings. The van der Waals surface area contributed by atoms with Gasteiger partial charge in [-0.1, -0.05) is 0 Å². The quantitative estimate of drug-likeness (QED) is 0.606. The van der Waals surface area contributed by atoms with Gasteiger partial charge in [0.05, 0.1) is 18.1 Å². The number of hydrogen-bond acceptors (Lipinski definition) is 2. The number of halogens is 3. The molecule has 0 amide bonds. The van der Waals surface area contributed by atoms with E-state index in [1.54, 1.807) is 0 Å². The predicted molar refractivity (Wildman–Crippen MR) is 35.4 cm³/mol. The molecular formula is C7H10F3NO. The molecule has 2 bridgehead atoms. The minimum atomic E-state index is -4.20. The summed E-state index contributed by atoms with van der Waals surface area (Å²) < 4.78 is 42.0. The van der Waals surface area contributed by atoms with Gasteiger partial charge in [0.1, 0.15) is 0 Å². The summed E-state index contributed by atoms with van der Waals surface area (Å²) >= 11 is 0. The summed E-state index contributed by atoms with van der Waals surface area (Å²) in [5, 5.41) is 0. The average Bonchev–Trinajstić information content (AvgIpc) is 2.42. The standard InChI is InChI=1S/C7H10F3NO/c8-7(9,10)5-3-1-2-4(12-3)6(5)11/h3-6H,1-2,11H2/t3-,4-,5-,6-/m1/s1. The van der Waals surface area contributed by atoms with Crippen LogP contribution in [0.5, 0.6) is 0 Å². The first-order chi connectivity index (χ1) is 5.50. The van der Waals surface area contributed by atoms with Crippen LogP contribution in [0.3, 0.4) is 0 Å². The van der Waals surface area contributed by atoms with Crippen LogP contribution in [-0.2, 0) is 4.74 Å². The Bertz CT molecular complexity index is 192. The highest BCUT2D eigenvalue weighted by Crippen LogP contribution is 2.45. The van der Waals surface area contributed by atoms with Gasteiger partial charge < -0.3 is 10.5 Å². The van der Waals surface area contributed by atoms with E-state index in [9.17, 15) is 13.2 Å². The van der Waals surface area contributed by atoms with Crippen LogP contribution >= 0.6 is 0 Å². The van der Waals surface area contributed by atoms with Gasteiger partial charge in [-0.3, -0.25) is 0 Å². The van der Waals surface area contributed by atoms with E-state index in [0.29, 0.717) is 12.8 Å². The third-order valence-corrected chi connectivity index (χ3v) is 2.71. The number of hydrogen-bond donors (Lipinski definition) is 1. The number of nitrogens with two attached hydrogens (primary N) is 1. The van der Waals surface area contributed by atoms with Crippen LogP contribution in [0.2, 0.25) is 0 Å². The number of alkyl halides is 3. The van der Waals surface area contributed by atoms with E-state index in [4.69, 9.17) is 10.5 Å². The molecule has 0 aromatic carbocycles. The molecule has 70 valence electrons. The minimum absolute atomic E-state index is 0.360. The largest absolute Gasteiger partial charge is 0.395 e. The lowest BCUT2D eigenvalue weighted by atomic mass is 9.85. The summed E-state index contributed by atoms with van der Waals surface area (Å²) in [4.78, 5) is 0. The van der Waals surface area contributed by atoms with Crippen LogP contribution in [0.25, 0.3) is 0 Å². The van der Waals surface area contributed by atoms with Crippen molar-refractivity contribution in [3.63, 3.8) is 0 Å². The zero-order valence-corrected chi connectivity index (χ0v) is 6.34. The molecule has 0 aliphatic carbocycles. The second kappa shape index (κ2) is 2.35. The Kier molecular flexibility index (Phi) is 1.63. The first kappa shape index (κ1) is 8.31. The maximum absolute atomic E-state index is 12.3. The maximum atomic E-state index is 12.3. The second-order valence-electron chi connectivity index (χ2n) is 3.44. The van der Waals surface area contributed by atoms with Gasteiger partial charge in [-0.25, -0.2) is 0 Å². The van der Waals surface area contributed by atoms with Crippen molar-refractivity contribution in [1.82, 2.24) is 0 Å². The molecule has 0 unspecified atom stereocenters. The molecule has 2 nitrogen and oxygen atoms in total. The Hall–Kier alpha value is -0.290. The zero-order chi connectivity index (χ0) is 8.93. The van der Waals surface area contributed by atoms with Gasteiger partial charge in [-0.2, -0.15) is 13.2 Å². The lowest BCUT2D eigenvalue weighted by molar-refractivity contribution is -0.188. The van der Waals surface area contributed by atoms with Crippen molar-refractivity contribution in [2.75, 3.05) is 0 Å². The Labute approximate surface area is 67.9 Å². The van der Waals surface area contributed by atoms with Gasteiger partial charge in [0.25, 0.3) is 0 Å². The second-order valence-corrected chi connectivity index (χ2v) is 3.44. The van der Waals surface area contributed by atoms with Crippen molar-refractivity contribution >= 4 is 0 Å². The fourth-order valence-corrected chi connectivity index (χ4v) is 2.14. The van der Waals surface area contributed by atoms with E-state index in [1.807, 2.05) is 0 Å². The molecule has 2 saturated heterocycles. The lowest BCUT2D eigenvalue weighted by Crippen LogP contribution is -2.47. The molecule has 0 aromatic heterocycles. The summed E-state index contributed by atoms with van der Waals surface area (Å²) in [6, 6.07) is -0.844. The van der Waals surface area contributed by atoms with Crippen LogP contribution in [0, 0.1) is 5.92 Å².